The number of hydrogen-bond acceptors (Lipinski definition) is 9. The summed E-state index contributed by atoms with van der Waals surface area (Å²) in [6, 6.07) is 3.64. The molecular formula is C24H31FN4O6S. The van der Waals surface area contributed by atoms with Crippen LogP contribution in [0.5, 0.6) is 5.88 Å². The first-order valence-corrected chi connectivity index (χ1v) is 13.5. The average molecular weight is 523 g/mol. The molecule has 2 aliphatic heterocycles. The normalized spacial score (nSPS) is 22.2. The summed E-state index contributed by atoms with van der Waals surface area (Å²) in [7, 11) is -3.53. The fourth-order valence-electron chi connectivity index (χ4n) is 4.33. The van der Waals surface area contributed by atoms with Crippen LogP contribution in [0.4, 0.5) is 20.7 Å². The van der Waals surface area contributed by atoms with Gasteiger partial charge in [-0.25, -0.2) is 27.6 Å². The maximum Gasteiger partial charge on any atom is 0.410 e. The van der Waals surface area contributed by atoms with Crippen LogP contribution in [0.2, 0.25) is 0 Å². The number of piperidine rings is 1. The number of hydrogen-bond donors (Lipinski definition) is 1. The molecule has 2 atom stereocenters. The molecule has 36 heavy (non-hydrogen) atoms. The molecule has 2 fully saturated rings. The summed E-state index contributed by atoms with van der Waals surface area (Å²) in [5, 5.41) is 2.90. The van der Waals surface area contributed by atoms with Crippen LogP contribution < -0.4 is 10.1 Å². The number of sulfone groups is 1. The van der Waals surface area contributed by atoms with Crippen molar-refractivity contribution in [2.24, 2.45) is 11.8 Å². The maximum absolute atomic E-state index is 14.6. The highest BCUT2D eigenvalue weighted by molar-refractivity contribution is 7.90. The lowest BCUT2D eigenvalue weighted by atomic mass is 9.84. The molecular weight excluding hydrogens is 491 g/mol. The molecule has 0 radical (unpaired) electrons. The van der Waals surface area contributed by atoms with Gasteiger partial charge in [-0.15, -0.1) is 0 Å². The fourth-order valence-corrected chi connectivity index (χ4v) is 4.96. The van der Waals surface area contributed by atoms with Crippen molar-refractivity contribution in [2.75, 3.05) is 37.9 Å². The average Bonchev–Trinajstić information content (AvgIpc) is 2.75. The Morgan fingerprint density at radius 1 is 1.19 bits per heavy atom. The number of likely N-dealkylation sites (tertiary alicyclic amines) is 1. The second kappa shape index (κ2) is 9.81. The van der Waals surface area contributed by atoms with E-state index in [1.165, 1.54) is 18.5 Å². The number of ether oxygens (including phenoxy) is 3. The van der Waals surface area contributed by atoms with Crippen molar-refractivity contribution in [1.29, 1.82) is 0 Å². The number of fused-ring (bicyclic) bond motifs is 2. The van der Waals surface area contributed by atoms with Gasteiger partial charge < -0.3 is 24.4 Å². The lowest BCUT2D eigenvalue weighted by Gasteiger charge is -2.46. The lowest BCUT2D eigenvalue weighted by molar-refractivity contribution is -0.113. The lowest BCUT2D eigenvalue weighted by Crippen LogP contribution is -2.59. The molecule has 2 aromatic rings. The van der Waals surface area contributed by atoms with E-state index in [4.69, 9.17) is 14.2 Å². The predicted octanol–water partition coefficient (Wildman–Crippen LogP) is 3.33. The van der Waals surface area contributed by atoms with Gasteiger partial charge in [-0.3, -0.25) is 0 Å². The van der Waals surface area contributed by atoms with Crippen LogP contribution in [0.3, 0.4) is 0 Å². The Morgan fingerprint density at radius 2 is 1.86 bits per heavy atom. The van der Waals surface area contributed by atoms with Crippen molar-refractivity contribution in [3.63, 3.8) is 0 Å². The van der Waals surface area contributed by atoms with E-state index in [2.05, 4.69) is 15.3 Å². The third kappa shape index (κ3) is 5.86. The summed E-state index contributed by atoms with van der Waals surface area (Å²) >= 11 is 0. The van der Waals surface area contributed by atoms with Crippen LogP contribution in [0.25, 0.3) is 0 Å². The van der Waals surface area contributed by atoms with Gasteiger partial charge in [0.15, 0.2) is 9.84 Å². The molecule has 2 bridgehead atoms. The standard InChI is InChI=1S/C24H31FN4O6S/c1-14-21(28-19-7-6-17(8-18(19)25)36(5,31)32)26-13-27-22(14)34-20-15-9-29(10-16(20)12-33-11-15)23(30)35-24(2,3)4/h6-8,13,15-16,20H,9-12H2,1-5H3,(H,26,27,28). The Morgan fingerprint density at radius 3 is 2.44 bits per heavy atom. The Balaban J connectivity index is 1.50. The van der Waals surface area contributed by atoms with Crippen molar-refractivity contribution in [1.82, 2.24) is 14.9 Å². The van der Waals surface area contributed by atoms with Gasteiger partial charge in [0, 0.05) is 31.2 Å². The van der Waals surface area contributed by atoms with Gasteiger partial charge in [0.05, 0.1) is 29.4 Å². The molecule has 10 nitrogen and oxygen atoms in total. The molecule has 196 valence electrons. The monoisotopic (exact) mass is 522 g/mol. The Kier molecular flexibility index (Phi) is 7.11. The molecule has 2 saturated heterocycles. The summed E-state index contributed by atoms with van der Waals surface area (Å²) in [5.41, 5.74) is 0.0611. The van der Waals surface area contributed by atoms with Crippen LogP contribution >= 0.6 is 0 Å². The minimum atomic E-state index is -3.53. The Labute approximate surface area is 210 Å². The molecule has 1 N–H and O–H groups in total. The van der Waals surface area contributed by atoms with E-state index in [0.29, 0.717) is 43.6 Å². The maximum atomic E-state index is 14.6. The van der Waals surface area contributed by atoms with Gasteiger partial charge in [-0.05, 0) is 45.9 Å². The first-order valence-electron chi connectivity index (χ1n) is 11.6. The van der Waals surface area contributed by atoms with Gasteiger partial charge in [0.25, 0.3) is 0 Å². The van der Waals surface area contributed by atoms with Gasteiger partial charge in [-0.1, -0.05) is 0 Å². The van der Waals surface area contributed by atoms with Crippen LogP contribution in [-0.4, -0.2) is 73.6 Å². The molecule has 2 unspecified atom stereocenters. The largest absolute Gasteiger partial charge is 0.473 e. The minimum absolute atomic E-state index is 0.0724. The molecule has 0 saturated carbocycles. The summed E-state index contributed by atoms with van der Waals surface area (Å²) in [5.74, 6) is -0.194. The molecule has 1 amide bonds. The topological polar surface area (TPSA) is 120 Å². The molecule has 2 aliphatic rings. The number of rotatable bonds is 5. The SMILES string of the molecule is Cc1c(Nc2ccc(S(C)(=O)=O)cc2F)ncnc1OC1C2COCC1CN(C(=O)OC(C)(C)C)C2. The number of benzene rings is 1. The third-order valence-electron chi connectivity index (χ3n) is 6.06. The van der Waals surface area contributed by atoms with Crippen LogP contribution in [-0.2, 0) is 19.3 Å². The zero-order valence-corrected chi connectivity index (χ0v) is 21.8. The van der Waals surface area contributed by atoms with Gasteiger partial charge >= 0.3 is 6.09 Å². The van der Waals surface area contributed by atoms with Crippen molar-refractivity contribution in [3.8, 4) is 5.88 Å². The number of carbonyl (C=O) groups excluding carboxylic acids is 1. The highest BCUT2D eigenvalue weighted by Gasteiger charge is 2.44. The van der Waals surface area contributed by atoms with Crippen LogP contribution in [0.15, 0.2) is 29.4 Å². The van der Waals surface area contributed by atoms with Crippen LogP contribution in [0.1, 0.15) is 26.3 Å². The van der Waals surface area contributed by atoms with Gasteiger partial charge in [0.2, 0.25) is 5.88 Å². The summed E-state index contributed by atoms with van der Waals surface area (Å²) in [6.45, 7) is 9.00. The van der Waals surface area contributed by atoms with Crippen LogP contribution in [0, 0.1) is 24.6 Å². The smallest absolute Gasteiger partial charge is 0.410 e. The van der Waals surface area contributed by atoms with Gasteiger partial charge in [0.1, 0.15) is 29.7 Å². The van der Waals surface area contributed by atoms with E-state index in [-0.39, 0.29) is 34.6 Å². The highest BCUT2D eigenvalue weighted by Crippen LogP contribution is 2.34. The zero-order valence-electron chi connectivity index (χ0n) is 20.9. The van der Waals surface area contributed by atoms with E-state index in [1.807, 2.05) is 20.8 Å². The first-order chi connectivity index (χ1) is 16.8. The van der Waals surface area contributed by atoms with Crippen molar-refractivity contribution in [2.45, 2.75) is 44.3 Å². The number of aromatic nitrogens is 2. The zero-order chi connectivity index (χ0) is 26.3. The number of carbonyl (C=O) groups is 1. The molecule has 12 heteroatoms. The first kappa shape index (κ1) is 26.1. The molecule has 0 aliphatic carbocycles. The summed E-state index contributed by atoms with van der Waals surface area (Å²) in [4.78, 5) is 22.7. The van der Waals surface area contributed by atoms with E-state index >= 15 is 0 Å². The number of halogens is 1. The van der Waals surface area contributed by atoms with Gasteiger partial charge in [-0.2, -0.15) is 0 Å². The molecule has 1 aromatic heterocycles. The van der Waals surface area contributed by atoms with E-state index in [0.717, 1.165) is 12.3 Å². The Hall–Kier alpha value is -2.99. The number of amides is 1. The van der Waals surface area contributed by atoms with E-state index in [9.17, 15) is 17.6 Å². The van der Waals surface area contributed by atoms with Crippen molar-refractivity contribution < 1.29 is 31.8 Å². The molecule has 4 rings (SSSR count). The second-order valence-electron chi connectivity index (χ2n) is 10.2. The van der Waals surface area contributed by atoms with E-state index < -0.39 is 21.3 Å². The van der Waals surface area contributed by atoms with Crippen molar-refractivity contribution >= 4 is 27.4 Å². The summed E-state index contributed by atoms with van der Waals surface area (Å²) in [6.07, 6.45) is 1.75. The molecule has 3 heterocycles. The number of nitrogens with one attached hydrogen (secondary N) is 1. The molecule has 0 spiro atoms. The number of nitrogens with zero attached hydrogens (tertiary/aromatic N) is 3. The second-order valence-corrected chi connectivity index (χ2v) is 12.2. The number of anilines is 2. The van der Waals surface area contributed by atoms with Crippen molar-refractivity contribution in [3.05, 3.63) is 35.9 Å². The third-order valence-corrected chi connectivity index (χ3v) is 7.17. The summed E-state index contributed by atoms with van der Waals surface area (Å²) < 4.78 is 55.5. The minimum Gasteiger partial charge on any atom is -0.473 e. The highest BCUT2D eigenvalue weighted by atomic mass is 32.2. The Bertz CT molecular complexity index is 1240. The predicted molar refractivity (Wildman–Crippen MR) is 130 cm³/mol. The quantitative estimate of drug-likeness (QED) is 0.630. The fraction of sp³-hybridized carbons (Fsp3) is 0.542. The van der Waals surface area contributed by atoms with E-state index in [1.54, 1.807) is 11.8 Å². The molecule has 1 aromatic carbocycles.